The number of rotatable bonds is 5. The number of carbonyl (C=O) groups is 1. The molecule has 124 valence electrons. The molecule has 0 bridgehead atoms. The fourth-order valence-corrected chi connectivity index (χ4v) is 3.32. The van der Waals surface area contributed by atoms with E-state index in [1.807, 2.05) is 41.3 Å². The van der Waals surface area contributed by atoms with Gasteiger partial charge in [-0.1, -0.05) is 60.7 Å². The molecule has 0 unspecified atom stereocenters. The molecule has 0 spiro atoms. The van der Waals surface area contributed by atoms with Crippen LogP contribution in [-0.2, 0) is 4.79 Å². The number of carbonyl (C=O) groups excluding carboxylic acids is 1. The van der Waals surface area contributed by atoms with Gasteiger partial charge in [0.15, 0.2) is 0 Å². The molecule has 1 heterocycles. The van der Waals surface area contributed by atoms with Gasteiger partial charge in [-0.2, -0.15) is 0 Å². The van der Waals surface area contributed by atoms with Crippen LogP contribution in [0.25, 0.3) is 0 Å². The molecule has 2 aromatic rings. The monoisotopic (exact) mass is 320 g/mol. The molecule has 0 saturated heterocycles. The third-order valence-corrected chi connectivity index (χ3v) is 4.78. The van der Waals surface area contributed by atoms with Gasteiger partial charge >= 0.3 is 0 Å². The summed E-state index contributed by atoms with van der Waals surface area (Å²) in [7, 11) is 0. The van der Waals surface area contributed by atoms with Gasteiger partial charge in [0.2, 0.25) is 5.91 Å². The lowest BCUT2D eigenvalue weighted by molar-refractivity contribution is -0.128. The van der Waals surface area contributed by atoms with E-state index in [2.05, 4.69) is 50.4 Å². The summed E-state index contributed by atoms with van der Waals surface area (Å²) in [6, 6.07) is 20.7. The van der Waals surface area contributed by atoms with E-state index < -0.39 is 0 Å². The molecule has 3 nitrogen and oxygen atoms in total. The number of hydrogen-bond donors (Lipinski definition) is 1. The summed E-state index contributed by atoms with van der Waals surface area (Å²) in [4.78, 5) is 14.5. The maximum absolute atomic E-state index is 12.5. The SMILES string of the molecule is C[C@@H]1C(N[C@H](C)c2ccccc2)=CC(=O)N1[C@H](C)c1ccccc1. The van der Waals surface area contributed by atoms with Crippen molar-refractivity contribution in [3.8, 4) is 0 Å². The van der Waals surface area contributed by atoms with Crippen molar-refractivity contribution in [3.63, 3.8) is 0 Å². The standard InChI is InChI=1S/C21H24N2O/c1-15(18-10-6-4-7-11-18)22-20-14-21(24)23(17(20)3)16(2)19-12-8-5-9-13-19/h4-17,22H,1-3H3/t15-,16-,17-/m1/s1. The van der Waals surface area contributed by atoms with Crippen LogP contribution in [0.2, 0.25) is 0 Å². The minimum atomic E-state index is 0.0406. The second-order valence-electron chi connectivity index (χ2n) is 6.38. The van der Waals surface area contributed by atoms with Crippen LogP contribution < -0.4 is 5.32 Å². The number of nitrogens with zero attached hydrogens (tertiary/aromatic N) is 1. The first kappa shape index (κ1) is 16.3. The number of hydrogen-bond acceptors (Lipinski definition) is 2. The molecule has 1 amide bonds. The van der Waals surface area contributed by atoms with Crippen LogP contribution in [-0.4, -0.2) is 16.8 Å². The van der Waals surface area contributed by atoms with Gasteiger partial charge in [0.05, 0.1) is 12.1 Å². The van der Waals surface area contributed by atoms with Crippen LogP contribution in [0, 0.1) is 0 Å². The second kappa shape index (κ2) is 6.91. The Labute approximate surface area is 144 Å². The van der Waals surface area contributed by atoms with E-state index in [9.17, 15) is 4.79 Å². The molecule has 0 saturated carbocycles. The van der Waals surface area contributed by atoms with Crippen molar-refractivity contribution in [3.05, 3.63) is 83.6 Å². The minimum absolute atomic E-state index is 0.0406. The summed E-state index contributed by atoms with van der Waals surface area (Å²) in [5.41, 5.74) is 3.36. The van der Waals surface area contributed by atoms with Crippen LogP contribution in [0.5, 0.6) is 0 Å². The van der Waals surface area contributed by atoms with Gasteiger partial charge in [-0.15, -0.1) is 0 Å². The molecule has 24 heavy (non-hydrogen) atoms. The first-order chi connectivity index (χ1) is 11.6. The second-order valence-corrected chi connectivity index (χ2v) is 6.38. The van der Waals surface area contributed by atoms with Gasteiger partial charge < -0.3 is 10.2 Å². The van der Waals surface area contributed by atoms with Gasteiger partial charge in [0, 0.05) is 17.8 Å². The van der Waals surface area contributed by atoms with Gasteiger partial charge in [0.1, 0.15) is 0 Å². The maximum atomic E-state index is 12.5. The highest BCUT2D eigenvalue weighted by atomic mass is 16.2. The Kier molecular flexibility index (Phi) is 4.70. The molecular weight excluding hydrogens is 296 g/mol. The molecule has 3 rings (SSSR count). The zero-order chi connectivity index (χ0) is 17.1. The van der Waals surface area contributed by atoms with Crippen molar-refractivity contribution in [2.45, 2.75) is 38.9 Å². The van der Waals surface area contributed by atoms with Crippen LogP contribution in [0.3, 0.4) is 0 Å². The fraction of sp³-hybridized carbons (Fsp3) is 0.286. The molecule has 0 aromatic heterocycles. The molecule has 3 heteroatoms. The summed E-state index contributed by atoms with van der Waals surface area (Å²) < 4.78 is 0. The van der Waals surface area contributed by atoms with E-state index in [-0.39, 0.29) is 24.0 Å². The lowest BCUT2D eigenvalue weighted by Gasteiger charge is -2.31. The molecular formula is C21H24N2O. The van der Waals surface area contributed by atoms with Gasteiger partial charge in [0.25, 0.3) is 0 Å². The predicted octanol–water partition coefficient (Wildman–Crippen LogP) is 4.21. The lowest BCUT2D eigenvalue weighted by Crippen LogP contribution is -2.38. The Bertz CT molecular complexity index is 724. The quantitative estimate of drug-likeness (QED) is 0.895. The molecule has 1 N–H and O–H groups in total. The van der Waals surface area contributed by atoms with Crippen molar-refractivity contribution in [2.24, 2.45) is 0 Å². The largest absolute Gasteiger partial charge is 0.380 e. The van der Waals surface area contributed by atoms with E-state index in [4.69, 9.17) is 0 Å². The van der Waals surface area contributed by atoms with Crippen molar-refractivity contribution in [1.29, 1.82) is 0 Å². The molecule has 0 aliphatic carbocycles. The fourth-order valence-electron chi connectivity index (χ4n) is 3.32. The lowest BCUT2D eigenvalue weighted by atomic mass is 10.1. The third kappa shape index (κ3) is 3.21. The average molecular weight is 320 g/mol. The molecule has 2 aromatic carbocycles. The summed E-state index contributed by atoms with van der Waals surface area (Å²) in [6.45, 7) is 6.29. The Morgan fingerprint density at radius 2 is 1.46 bits per heavy atom. The van der Waals surface area contributed by atoms with Crippen LogP contribution >= 0.6 is 0 Å². The highest BCUT2D eigenvalue weighted by molar-refractivity contribution is 5.92. The number of benzene rings is 2. The number of amides is 1. The normalized spacial score (nSPS) is 19.8. The summed E-state index contributed by atoms with van der Waals surface area (Å²) >= 11 is 0. The van der Waals surface area contributed by atoms with E-state index in [0.29, 0.717) is 0 Å². The van der Waals surface area contributed by atoms with Crippen LogP contribution in [0.15, 0.2) is 72.4 Å². The zero-order valence-corrected chi connectivity index (χ0v) is 14.4. The Hall–Kier alpha value is -2.55. The van der Waals surface area contributed by atoms with Gasteiger partial charge in [-0.25, -0.2) is 0 Å². The molecule has 0 radical (unpaired) electrons. The molecule has 0 fully saturated rings. The highest BCUT2D eigenvalue weighted by Gasteiger charge is 2.33. The first-order valence-corrected chi connectivity index (χ1v) is 8.48. The van der Waals surface area contributed by atoms with E-state index in [1.54, 1.807) is 6.08 Å². The summed E-state index contributed by atoms with van der Waals surface area (Å²) in [5.74, 6) is 0.0709. The first-order valence-electron chi connectivity index (χ1n) is 8.48. The van der Waals surface area contributed by atoms with E-state index in [0.717, 1.165) is 11.3 Å². The van der Waals surface area contributed by atoms with E-state index in [1.165, 1.54) is 5.56 Å². The summed E-state index contributed by atoms with van der Waals surface area (Å²) in [6.07, 6.45) is 1.74. The van der Waals surface area contributed by atoms with Crippen molar-refractivity contribution in [1.82, 2.24) is 10.2 Å². The topological polar surface area (TPSA) is 32.3 Å². The zero-order valence-electron chi connectivity index (χ0n) is 14.4. The molecule has 3 atom stereocenters. The Morgan fingerprint density at radius 3 is 2.04 bits per heavy atom. The van der Waals surface area contributed by atoms with Gasteiger partial charge in [-0.3, -0.25) is 4.79 Å². The highest BCUT2D eigenvalue weighted by Crippen LogP contribution is 2.30. The Morgan fingerprint density at radius 1 is 0.917 bits per heavy atom. The molecule has 1 aliphatic heterocycles. The minimum Gasteiger partial charge on any atom is -0.380 e. The van der Waals surface area contributed by atoms with E-state index >= 15 is 0 Å². The molecule has 1 aliphatic rings. The van der Waals surface area contributed by atoms with Crippen LogP contribution in [0.4, 0.5) is 0 Å². The smallest absolute Gasteiger partial charge is 0.249 e. The van der Waals surface area contributed by atoms with Crippen molar-refractivity contribution < 1.29 is 4.79 Å². The summed E-state index contributed by atoms with van der Waals surface area (Å²) in [5, 5.41) is 3.51. The maximum Gasteiger partial charge on any atom is 0.249 e. The van der Waals surface area contributed by atoms with Crippen molar-refractivity contribution >= 4 is 5.91 Å². The average Bonchev–Trinajstić information content (AvgIpc) is 2.89. The number of nitrogens with one attached hydrogen (secondary N) is 1. The Balaban J connectivity index is 1.73. The van der Waals surface area contributed by atoms with Gasteiger partial charge in [-0.05, 0) is 31.9 Å². The predicted molar refractivity (Wildman–Crippen MR) is 97.2 cm³/mol. The third-order valence-electron chi connectivity index (χ3n) is 4.78. The van der Waals surface area contributed by atoms with Crippen molar-refractivity contribution in [2.75, 3.05) is 0 Å². The van der Waals surface area contributed by atoms with Crippen LogP contribution in [0.1, 0.15) is 44.0 Å².